The summed E-state index contributed by atoms with van der Waals surface area (Å²) in [5.74, 6) is -1.38. The Morgan fingerprint density at radius 2 is 2.11 bits per heavy atom. The van der Waals surface area contributed by atoms with Crippen LogP contribution in [0, 0.1) is 0 Å². The van der Waals surface area contributed by atoms with Crippen LogP contribution in [0.4, 0.5) is 0 Å². The number of carbonyl (C=O) groups is 2. The second kappa shape index (κ2) is 3.42. The summed E-state index contributed by atoms with van der Waals surface area (Å²) >= 11 is 4.79. The zero-order valence-electron chi connectivity index (χ0n) is 4.63. The lowest BCUT2D eigenvalue weighted by Crippen LogP contribution is -2.28. The largest absolute Gasteiger partial charge is 0.479 e. The van der Waals surface area contributed by atoms with Gasteiger partial charge in [-0.15, -0.1) is 0 Å². The van der Waals surface area contributed by atoms with Gasteiger partial charge in [-0.1, -0.05) is 0 Å². The predicted molar refractivity (Wildman–Crippen MR) is 29.3 cm³/mol. The predicted octanol–water partition coefficient (Wildman–Crippen LogP) is -0.149. The normalized spacial score (nSPS) is 12.7. The minimum atomic E-state index is -1.54. The van der Waals surface area contributed by atoms with E-state index in [0.29, 0.717) is 0 Å². The van der Waals surface area contributed by atoms with E-state index >= 15 is 0 Å². The highest BCUT2D eigenvalue weighted by Crippen LogP contribution is 1.95. The van der Waals surface area contributed by atoms with E-state index in [4.69, 9.17) is 16.7 Å². The van der Waals surface area contributed by atoms with Gasteiger partial charge in [-0.2, -0.15) is 0 Å². The lowest BCUT2D eigenvalue weighted by Gasteiger charge is -2.01. The van der Waals surface area contributed by atoms with Crippen LogP contribution in [0.5, 0.6) is 0 Å². The second-order valence-electron chi connectivity index (χ2n) is 1.26. The molecular weight excluding hydrogens is 147 g/mol. The van der Waals surface area contributed by atoms with Gasteiger partial charge in [0.1, 0.15) is 0 Å². The molecule has 0 heterocycles. The maximum Gasteiger partial charge on any atom is 0.342 e. The molecule has 0 aliphatic carbocycles. The Kier molecular flexibility index (Phi) is 3.19. The van der Waals surface area contributed by atoms with Gasteiger partial charge >= 0.3 is 5.97 Å². The van der Waals surface area contributed by atoms with Gasteiger partial charge in [0.2, 0.25) is 6.10 Å². The van der Waals surface area contributed by atoms with Crippen LogP contribution in [0.3, 0.4) is 0 Å². The van der Waals surface area contributed by atoms with Crippen molar-refractivity contribution >= 4 is 22.8 Å². The van der Waals surface area contributed by atoms with Gasteiger partial charge in [0.15, 0.2) is 0 Å². The van der Waals surface area contributed by atoms with Crippen LogP contribution in [-0.2, 0) is 14.3 Å². The molecule has 4 nitrogen and oxygen atoms in total. The van der Waals surface area contributed by atoms with Crippen LogP contribution in [0.15, 0.2) is 0 Å². The highest BCUT2D eigenvalue weighted by Gasteiger charge is 2.23. The van der Waals surface area contributed by atoms with E-state index in [1.165, 1.54) is 0 Å². The number of aliphatic carboxylic acids is 1. The minimum absolute atomic E-state index is 1.02. The Labute approximate surface area is 56.4 Å². The van der Waals surface area contributed by atoms with Crippen LogP contribution < -0.4 is 0 Å². The Morgan fingerprint density at radius 1 is 1.67 bits per heavy atom. The number of ether oxygens (including phenoxy) is 1. The summed E-state index contributed by atoms with van der Waals surface area (Å²) in [4.78, 5) is 20.0. The van der Waals surface area contributed by atoms with Crippen LogP contribution in [-0.4, -0.2) is 29.5 Å². The van der Waals surface area contributed by atoms with Crippen LogP contribution in [0.25, 0.3) is 0 Å². The van der Waals surface area contributed by atoms with Crippen molar-refractivity contribution in [3.05, 3.63) is 0 Å². The Morgan fingerprint density at radius 3 is 2.11 bits per heavy atom. The molecule has 0 saturated heterocycles. The van der Waals surface area contributed by atoms with Crippen LogP contribution in [0.2, 0.25) is 0 Å². The van der Waals surface area contributed by atoms with Gasteiger partial charge < -0.3 is 9.84 Å². The average molecular weight is 153 g/mol. The SMILES string of the molecule is COC(C(=O)O)C(=O)Cl. The molecule has 1 N–H and O–H groups in total. The Hall–Kier alpha value is -0.610. The maximum atomic E-state index is 10.1. The quantitative estimate of drug-likeness (QED) is 0.451. The third-order valence-corrected chi connectivity index (χ3v) is 0.864. The van der Waals surface area contributed by atoms with E-state index in [1.807, 2.05) is 0 Å². The van der Waals surface area contributed by atoms with E-state index in [2.05, 4.69) is 4.74 Å². The summed E-state index contributed by atoms with van der Waals surface area (Å²) < 4.78 is 4.19. The molecule has 0 aliphatic heterocycles. The van der Waals surface area contributed by atoms with E-state index in [9.17, 15) is 9.59 Å². The van der Waals surface area contributed by atoms with Gasteiger partial charge in [0.25, 0.3) is 5.24 Å². The van der Waals surface area contributed by atoms with Crippen molar-refractivity contribution in [3.8, 4) is 0 Å². The number of methoxy groups -OCH3 is 1. The molecule has 0 aromatic rings. The zero-order valence-corrected chi connectivity index (χ0v) is 5.38. The molecule has 0 aliphatic rings. The number of carboxylic acids is 1. The number of carbonyl (C=O) groups excluding carboxylic acids is 1. The van der Waals surface area contributed by atoms with Gasteiger partial charge in [-0.05, 0) is 11.6 Å². The summed E-state index contributed by atoms with van der Waals surface area (Å²) in [5.41, 5.74) is 0. The van der Waals surface area contributed by atoms with E-state index < -0.39 is 17.3 Å². The molecule has 0 amide bonds. The van der Waals surface area contributed by atoms with Crippen molar-refractivity contribution in [1.29, 1.82) is 0 Å². The van der Waals surface area contributed by atoms with Crippen molar-refractivity contribution in [3.63, 3.8) is 0 Å². The summed E-state index contributed by atoms with van der Waals surface area (Å²) in [6, 6.07) is 0. The molecule has 0 aromatic carbocycles. The molecule has 0 saturated carbocycles. The highest BCUT2D eigenvalue weighted by atomic mass is 35.5. The summed E-state index contributed by atoms with van der Waals surface area (Å²) in [5, 5.41) is 7.09. The van der Waals surface area contributed by atoms with Gasteiger partial charge in [0.05, 0.1) is 0 Å². The van der Waals surface area contributed by atoms with Gasteiger partial charge in [-0.25, -0.2) is 4.79 Å². The molecule has 0 spiro atoms. The first-order chi connectivity index (χ1) is 4.09. The van der Waals surface area contributed by atoms with Crippen molar-refractivity contribution < 1.29 is 19.4 Å². The molecule has 0 bridgehead atoms. The highest BCUT2D eigenvalue weighted by molar-refractivity contribution is 6.66. The van der Waals surface area contributed by atoms with Crippen LogP contribution in [0.1, 0.15) is 0 Å². The van der Waals surface area contributed by atoms with E-state index in [-0.39, 0.29) is 0 Å². The van der Waals surface area contributed by atoms with E-state index in [1.54, 1.807) is 0 Å². The maximum absolute atomic E-state index is 10.1. The molecule has 9 heavy (non-hydrogen) atoms. The van der Waals surface area contributed by atoms with Crippen molar-refractivity contribution in [1.82, 2.24) is 0 Å². The fourth-order valence-corrected chi connectivity index (χ4v) is 0.473. The molecule has 1 atom stereocenters. The molecule has 1 unspecified atom stereocenters. The van der Waals surface area contributed by atoms with Gasteiger partial charge in [-0.3, -0.25) is 4.79 Å². The topological polar surface area (TPSA) is 63.6 Å². The molecule has 0 aromatic heterocycles. The fourth-order valence-electron chi connectivity index (χ4n) is 0.291. The molecule has 52 valence electrons. The number of rotatable bonds is 3. The average Bonchev–Trinajstić information content (AvgIpc) is 1.64. The zero-order chi connectivity index (χ0) is 7.44. The molecule has 5 heteroatoms. The first kappa shape index (κ1) is 8.39. The lowest BCUT2D eigenvalue weighted by atomic mass is 10.4. The van der Waals surface area contributed by atoms with Crippen molar-refractivity contribution in [2.45, 2.75) is 6.10 Å². The number of halogens is 1. The monoisotopic (exact) mass is 152 g/mol. The molecule has 0 rings (SSSR count). The summed E-state index contributed by atoms with van der Waals surface area (Å²) in [6.07, 6.45) is -1.54. The standard InChI is InChI=1S/C4H5ClO4/c1-9-2(3(5)6)4(7)8/h2H,1H3,(H,7,8). The first-order valence-corrected chi connectivity index (χ1v) is 2.42. The fraction of sp³-hybridized carbons (Fsp3) is 0.500. The number of carboxylic acid groups (broad SMARTS) is 1. The van der Waals surface area contributed by atoms with Crippen molar-refractivity contribution in [2.24, 2.45) is 0 Å². The Balaban J connectivity index is 3.99. The minimum Gasteiger partial charge on any atom is -0.479 e. The second-order valence-corrected chi connectivity index (χ2v) is 1.63. The molecular formula is C4H5ClO4. The lowest BCUT2D eigenvalue weighted by molar-refractivity contribution is -0.151. The molecule has 0 radical (unpaired) electrons. The number of hydrogen-bond donors (Lipinski definition) is 1. The Bertz CT molecular complexity index is 119. The summed E-state index contributed by atoms with van der Waals surface area (Å²) in [7, 11) is 1.10. The summed E-state index contributed by atoms with van der Waals surface area (Å²) in [6.45, 7) is 0. The number of hydrogen-bond acceptors (Lipinski definition) is 3. The van der Waals surface area contributed by atoms with Crippen LogP contribution >= 0.6 is 11.6 Å². The smallest absolute Gasteiger partial charge is 0.342 e. The molecule has 0 fully saturated rings. The van der Waals surface area contributed by atoms with Crippen molar-refractivity contribution in [2.75, 3.05) is 7.11 Å². The first-order valence-electron chi connectivity index (χ1n) is 2.04. The third-order valence-electron chi connectivity index (χ3n) is 0.666. The van der Waals surface area contributed by atoms with E-state index in [0.717, 1.165) is 7.11 Å². The third kappa shape index (κ3) is 2.43. The van der Waals surface area contributed by atoms with Gasteiger partial charge in [0, 0.05) is 7.11 Å².